The molecule has 1 aliphatic carbocycles. The van der Waals surface area contributed by atoms with Crippen molar-refractivity contribution in [3.63, 3.8) is 0 Å². The third-order valence-corrected chi connectivity index (χ3v) is 4.34. The maximum absolute atomic E-state index is 13.3. The summed E-state index contributed by atoms with van der Waals surface area (Å²) in [6.45, 7) is 3.94. The normalized spacial score (nSPS) is 23.9. The summed E-state index contributed by atoms with van der Waals surface area (Å²) in [5, 5.41) is 9.75. The molecule has 1 aromatic heterocycles. The first kappa shape index (κ1) is 13.8. The Morgan fingerprint density at radius 1 is 1.57 bits per heavy atom. The molecular formula is C16H18FN3O. The van der Waals surface area contributed by atoms with E-state index < -0.39 is 0 Å². The van der Waals surface area contributed by atoms with Gasteiger partial charge in [0.2, 0.25) is 5.91 Å². The van der Waals surface area contributed by atoms with Crippen LogP contribution < -0.4 is 5.32 Å². The van der Waals surface area contributed by atoms with Crippen LogP contribution in [0.25, 0.3) is 0 Å². The molecule has 0 bridgehead atoms. The smallest absolute Gasteiger partial charge is 0.224 e. The number of H-pyrrole nitrogens is 1. The van der Waals surface area contributed by atoms with Crippen molar-refractivity contribution >= 4 is 5.91 Å². The number of hydrogen-bond acceptors (Lipinski definition) is 2. The van der Waals surface area contributed by atoms with Gasteiger partial charge in [-0.1, -0.05) is 19.1 Å². The molecule has 2 unspecified atom stereocenters. The number of aryl methyl sites for hydroxylation is 1. The number of carbonyl (C=O) groups excluding carboxylic acids is 1. The highest BCUT2D eigenvalue weighted by Crippen LogP contribution is 2.48. The molecule has 1 amide bonds. The second-order valence-electron chi connectivity index (χ2n) is 5.95. The molecule has 0 spiro atoms. The van der Waals surface area contributed by atoms with Crippen molar-refractivity contribution in [3.05, 3.63) is 53.1 Å². The quantitative estimate of drug-likeness (QED) is 0.906. The minimum Gasteiger partial charge on any atom is -0.352 e. The summed E-state index contributed by atoms with van der Waals surface area (Å²) in [6, 6.07) is 6.67. The van der Waals surface area contributed by atoms with Crippen LogP contribution in [0.4, 0.5) is 4.39 Å². The fourth-order valence-electron chi connectivity index (χ4n) is 2.71. The third-order valence-electron chi connectivity index (χ3n) is 4.34. The highest BCUT2D eigenvalue weighted by Gasteiger charge is 2.52. The van der Waals surface area contributed by atoms with Gasteiger partial charge >= 0.3 is 0 Å². The van der Waals surface area contributed by atoms with Gasteiger partial charge in [-0.2, -0.15) is 5.10 Å². The topological polar surface area (TPSA) is 57.8 Å². The second-order valence-corrected chi connectivity index (χ2v) is 5.95. The van der Waals surface area contributed by atoms with E-state index in [0.29, 0.717) is 6.42 Å². The maximum atomic E-state index is 13.3. The molecular weight excluding hydrogens is 269 g/mol. The van der Waals surface area contributed by atoms with Crippen molar-refractivity contribution < 1.29 is 9.18 Å². The zero-order chi connectivity index (χ0) is 15.0. The lowest BCUT2D eigenvalue weighted by molar-refractivity contribution is -0.120. The number of amides is 1. The number of nitrogens with one attached hydrogen (secondary N) is 2. The van der Waals surface area contributed by atoms with Crippen LogP contribution in [-0.4, -0.2) is 22.1 Å². The van der Waals surface area contributed by atoms with Gasteiger partial charge in [-0.05, 0) is 31.0 Å². The SMILES string of the molecule is Cc1[nH]ncc1CC(=O)NC1CC1(C)c1cccc(F)c1. The van der Waals surface area contributed by atoms with Gasteiger partial charge in [0.05, 0.1) is 12.6 Å². The van der Waals surface area contributed by atoms with Crippen molar-refractivity contribution in [2.75, 3.05) is 0 Å². The molecule has 2 atom stereocenters. The number of carbonyl (C=O) groups is 1. The first-order chi connectivity index (χ1) is 9.99. The van der Waals surface area contributed by atoms with Crippen molar-refractivity contribution in [1.82, 2.24) is 15.5 Å². The number of benzene rings is 1. The van der Waals surface area contributed by atoms with E-state index in [4.69, 9.17) is 0 Å². The van der Waals surface area contributed by atoms with E-state index in [2.05, 4.69) is 22.4 Å². The van der Waals surface area contributed by atoms with E-state index in [-0.39, 0.29) is 23.2 Å². The summed E-state index contributed by atoms with van der Waals surface area (Å²) < 4.78 is 13.3. The lowest BCUT2D eigenvalue weighted by Crippen LogP contribution is -2.31. The molecule has 21 heavy (non-hydrogen) atoms. The number of aromatic amines is 1. The van der Waals surface area contributed by atoms with Gasteiger partial charge in [0.15, 0.2) is 0 Å². The van der Waals surface area contributed by atoms with Crippen LogP contribution in [0, 0.1) is 12.7 Å². The zero-order valence-corrected chi connectivity index (χ0v) is 12.1. The van der Waals surface area contributed by atoms with Gasteiger partial charge in [0.25, 0.3) is 0 Å². The Kier molecular flexibility index (Phi) is 3.27. The Labute approximate surface area is 122 Å². The molecule has 4 nitrogen and oxygen atoms in total. The van der Waals surface area contributed by atoms with Crippen LogP contribution in [0.5, 0.6) is 0 Å². The summed E-state index contributed by atoms with van der Waals surface area (Å²) in [4.78, 5) is 12.1. The summed E-state index contributed by atoms with van der Waals surface area (Å²) in [6.07, 6.45) is 2.83. The Morgan fingerprint density at radius 3 is 3.05 bits per heavy atom. The van der Waals surface area contributed by atoms with Gasteiger partial charge in [-0.15, -0.1) is 0 Å². The van der Waals surface area contributed by atoms with Gasteiger partial charge in [-0.3, -0.25) is 9.89 Å². The summed E-state index contributed by atoms with van der Waals surface area (Å²) in [5.74, 6) is -0.260. The summed E-state index contributed by atoms with van der Waals surface area (Å²) in [5.41, 5.74) is 2.59. The molecule has 5 heteroatoms. The second kappa shape index (κ2) is 4.98. The van der Waals surface area contributed by atoms with Crippen LogP contribution in [0.1, 0.15) is 30.2 Å². The van der Waals surface area contributed by atoms with Gasteiger partial charge in [0.1, 0.15) is 5.82 Å². The number of rotatable bonds is 4. The van der Waals surface area contributed by atoms with E-state index in [1.807, 2.05) is 13.0 Å². The fraction of sp³-hybridized carbons (Fsp3) is 0.375. The average molecular weight is 287 g/mol. The van der Waals surface area contributed by atoms with Gasteiger partial charge in [0, 0.05) is 22.7 Å². The minimum atomic E-state index is -0.236. The van der Waals surface area contributed by atoms with Gasteiger partial charge in [-0.25, -0.2) is 4.39 Å². The first-order valence-electron chi connectivity index (χ1n) is 7.03. The lowest BCUT2D eigenvalue weighted by Gasteiger charge is -2.13. The van der Waals surface area contributed by atoms with E-state index in [0.717, 1.165) is 23.2 Å². The lowest BCUT2D eigenvalue weighted by atomic mass is 9.97. The number of nitrogens with zero attached hydrogens (tertiary/aromatic N) is 1. The number of aromatic nitrogens is 2. The Hall–Kier alpha value is -2.17. The van der Waals surface area contributed by atoms with Crippen LogP contribution >= 0.6 is 0 Å². The van der Waals surface area contributed by atoms with Gasteiger partial charge < -0.3 is 5.32 Å². The summed E-state index contributed by atoms with van der Waals surface area (Å²) >= 11 is 0. The molecule has 1 saturated carbocycles. The third kappa shape index (κ3) is 2.68. The largest absolute Gasteiger partial charge is 0.352 e. The van der Waals surface area contributed by atoms with Crippen molar-refractivity contribution in [2.24, 2.45) is 0 Å². The van der Waals surface area contributed by atoms with Crippen molar-refractivity contribution in [2.45, 2.75) is 38.1 Å². The molecule has 1 heterocycles. The Morgan fingerprint density at radius 2 is 2.38 bits per heavy atom. The van der Waals surface area contributed by atoms with E-state index >= 15 is 0 Å². The highest BCUT2D eigenvalue weighted by molar-refractivity contribution is 5.79. The summed E-state index contributed by atoms with van der Waals surface area (Å²) in [7, 11) is 0. The predicted molar refractivity (Wildman–Crippen MR) is 77.3 cm³/mol. The predicted octanol–water partition coefficient (Wildman–Crippen LogP) is 2.25. The molecule has 110 valence electrons. The average Bonchev–Trinajstić information content (AvgIpc) is 2.91. The van der Waals surface area contributed by atoms with E-state index in [1.54, 1.807) is 18.3 Å². The molecule has 2 aromatic rings. The van der Waals surface area contributed by atoms with Crippen molar-refractivity contribution in [3.8, 4) is 0 Å². The Bertz CT molecular complexity index is 682. The molecule has 2 N–H and O–H groups in total. The minimum absolute atomic E-state index is 0.0235. The van der Waals surface area contributed by atoms with E-state index in [1.165, 1.54) is 6.07 Å². The molecule has 1 aliphatic rings. The fourth-order valence-corrected chi connectivity index (χ4v) is 2.71. The molecule has 0 saturated heterocycles. The Balaban J connectivity index is 1.63. The van der Waals surface area contributed by atoms with Crippen LogP contribution in [-0.2, 0) is 16.6 Å². The van der Waals surface area contributed by atoms with Crippen LogP contribution in [0.15, 0.2) is 30.5 Å². The standard InChI is InChI=1S/C16H18FN3O/c1-10-11(9-18-20-10)6-15(21)19-14-8-16(14,2)12-4-3-5-13(17)7-12/h3-5,7,9,14H,6,8H2,1-2H3,(H,18,20)(H,19,21). The molecule has 0 aliphatic heterocycles. The number of hydrogen-bond donors (Lipinski definition) is 2. The van der Waals surface area contributed by atoms with Crippen LogP contribution in [0.2, 0.25) is 0 Å². The maximum Gasteiger partial charge on any atom is 0.224 e. The molecule has 0 radical (unpaired) electrons. The molecule has 1 aromatic carbocycles. The van der Waals surface area contributed by atoms with Crippen LogP contribution in [0.3, 0.4) is 0 Å². The monoisotopic (exact) mass is 287 g/mol. The zero-order valence-electron chi connectivity index (χ0n) is 12.1. The van der Waals surface area contributed by atoms with E-state index in [9.17, 15) is 9.18 Å². The van der Waals surface area contributed by atoms with Crippen molar-refractivity contribution in [1.29, 1.82) is 0 Å². The molecule has 1 fully saturated rings. The number of halogens is 1. The molecule has 3 rings (SSSR count). The first-order valence-corrected chi connectivity index (χ1v) is 7.03. The highest BCUT2D eigenvalue weighted by atomic mass is 19.1.